The van der Waals surface area contributed by atoms with Gasteiger partial charge in [-0.25, -0.2) is 8.42 Å². The molecule has 5 heteroatoms. The number of fused-ring (bicyclic) bond motifs is 2. The SMILES string of the molecule is Nc1cc(S(=O)(=O)c2cc(N)c3ccccc3c2-c2ccccc2)c(-c2ccccc2)c2ccccc12. The highest BCUT2D eigenvalue weighted by Crippen LogP contribution is 2.44. The molecule has 0 heterocycles. The minimum absolute atomic E-state index is 0.154. The van der Waals surface area contributed by atoms with Gasteiger partial charge in [-0.15, -0.1) is 0 Å². The lowest BCUT2D eigenvalue weighted by molar-refractivity contribution is 0.597. The fourth-order valence-corrected chi connectivity index (χ4v) is 6.90. The van der Waals surface area contributed by atoms with Crippen molar-refractivity contribution < 1.29 is 8.42 Å². The summed E-state index contributed by atoms with van der Waals surface area (Å²) in [5.41, 5.74) is 16.6. The molecule has 0 saturated carbocycles. The Bertz CT molecular complexity index is 1760. The van der Waals surface area contributed by atoms with Gasteiger partial charge in [-0.1, -0.05) is 109 Å². The first kappa shape index (κ1) is 22.8. The van der Waals surface area contributed by atoms with Gasteiger partial charge in [0.1, 0.15) is 0 Å². The maximum atomic E-state index is 14.7. The Morgan fingerprint density at radius 3 is 1.14 bits per heavy atom. The lowest BCUT2D eigenvalue weighted by Crippen LogP contribution is -2.09. The molecule has 180 valence electrons. The Labute approximate surface area is 215 Å². The molecule has 0 radical (unpaired) electrons. The highest BCUT2D eigenvalue weighted by molar-refractivity contribution is 7.91. The molecule has 0 spiro atoms. The summed E-state index contributed by atoms with van der Waals surface area (Å²) in [6, 6.07) is 37.5. The molecule has 6 rings (SSSR count). The Hall–Kier alpha value is -4.61. The normalized spacial score (nSPS) is 11.7. The van der Waals surface area contributed by atoms with Crippen LogP contribution >= 0.6 is 0 Å². The second-order valence-corrected chi connectivity index (χ2v) is 10.9. The van der Waals surface area contributed by atoms with Crippen molar-refractivity contribution >= 4 is 42.8 Å². The van der Waals surface area contributed by atoms with Crippen molar-refractivity contribution in [1.29, 1.82) is 0 Å². The van der Waals surface area contributed by atoms with E-state index in [1.165, 1.54) is 0 Å². The molecule has 0 atom stereocenters. The van der Waals surface area contributed by atoms with Gasteiger partial charge < -0.3 is 11.5 Å². The van der Waals surface area contributed by atoms with Crippen molar-refractivity contribution in [1.82, 2.24) is 0 Å². The highest BCUT2D eigenvalue weighted by Gasteiger charge is 2.29. The number of hydrogen-bond acceptors (Lipinski definition) is 4. The summed E-state index contributed by atoms with van der Waals surface area (Å²) >= 11 is 0. The zero-order valence-electron chi connectivity index (χ0n) is 19.9. The number of benzene rings is 6. The molecule has 0 aliphatic carbocycles. The molecule has 37 heavy (non-hydrogen) atoms. The number of anilines is 2. The van der Waals surface area contributed by atoms with Gasteiger partial charge in [-0.05, 0) is 34.0 Å². The third-order valence-electron chi connectivity index (χ3n) is 6.78. The van der Waals surface area contributed by atoms with Crippen molar-refractivity contribution in [2.75, 3.05) is 11.5 Å². The van der Waals surface area contributed by atoms with Gasteiger partial charge in [0, 0.05) is 33.3 Å². The lowest BCUT2D eigenvalue weighted by atomic mass is 9.97. The number of rotatable bonds is 4. The molecule has 6 aromatic rings. The van der Waals surface area contributed by atoms with Crippen LogP contribution in [0.3, 0.4) is 0 Å². The van der Waals surface area contributed by atoms with Gasteiger partial charge in [0.25, 0.3) is 0 Å². The summed E-state index contributed by atoms with van der Waals surface area (Å²) in [5, 5.41) is 3.17. The second-order valence-electron chi connectivity index (χ2n) is 9.00. The van der Waals surface area contributed by atoms with E-state index in [2.05, 4.69) is 0 Å². The maximum Gasteiger partial charge on any atom is 0.208 e. The van der Waals surface area contributed by atoms with Gasteiger partial charge in [0.05, 0.1) is 9.79 Å². The molecule has 4 nitrogen and oxygen atoms in total. The van der Waals surface area contributed by atoms with E-state index in [1.807, 2.05) is 109 Å². The summed E-state index contributed by atoms with van der Waals surface area (Å²) < 4.78 is 29.4. The van der Waals surface area contributed by atoms with Crippen molar-refractivity contribution in [2.24, 2.45) is 0 Å². The molecule has 0 fully saturated rings. The van der Waals surface area contributed by atoms with Crippen LogP contribution in [0.2, 0.25) is 0 Å². The smallest absolute Gasteiger partial charge is 0.208 e. The molecule has 4 N–H and O–H groups in total. The Morgan fingerprint density at radius 2 is 0.757 bits per heavy atom. The first-order valence-corrected chi connectivity index (χ1v) is 13.4. The van der Waals surface area contributed by atoms with Gasteiger partial charge in [-0.3, -0.25) is 0 Å². The van der Waals surface area contributed by atoms with E-state index in [0.717, 1.165) is 32.7 Å². The van der Waals surface area contributed by atoms with E-state index < -0.39 is 9.84 Å². The fraction of sp³-hybridized carbons (Fsp3) is 0. The summed E-state index contributed by atoms with van der Waals surface area (Å²) in [7, 11) is -4.08. The second kappa shape index (κ2) is 8.80. The molecule has 0 aromatic heterocycles. The zero-order chi connectivity index (χ0) is 25.6. The van der Waals surface area contributed by atoms with Crippen LogP contribution in [0.5, 0.6) is 0 Å². The zero-order valence-corrected chi connectivity index (χ0v) is 20.7. The fourth-order valence-electron chi connectivity index (χ4n) is 5.10. The van der Waals surface area contributed by atoms with Gasteiger partial charge >= 0.3 is 0 Å². The van der Waals surface area contributed by atoms with Crippen LogP contribution in [0.25, 0.3) is 43.8 Å². The van der Waals surface area contributed by atoms with Crippen LogP contribution in [0.15, 0.2) is 131 Å². The van der Waals surface area contributed by atoms with E-state index in [4.69, 9.17) is 11.5 Å². The van der Waals surface area contributed by atoms with Crippen LogP contribution in [0.1, 0.15) is 0 Å². The van der Waals surface area contributed by atoms with Gasteiger partial charge in [0.15, 0.2) is 0 Å². The van der Waals surface area contributed by atoms with Gasteiger partial charge in [-0.2, -0.15) is 0 Å². The summed E-state index contributed by atoms with van der Waals surface area (Å²) in [6.45, 7) is 0. The number of hydrogen-bond donors (Lipinski definition) is 2. The molecule has 0 saturated heterocycles. The minimum Gasteiger partial charge on any atom is -0.398 e. The minimum atomic E-state index is -4.08. The highest BCUT2D eigenvalue weighted by atomic mass is 32.2. The van der Waals surface area contributed by atoms with Crippen molar-refractivity contribution in [3.8, 4) is 22.3 Å². The standard InChI is InChI=1S/C32H24N2O2S/c33-27-19-29(31(21-11-3-1-4-12-21)25-17-9-7-15-23(25)27)37(35,36)30-20-28(34)24-16-8-10-18-26(24)32(30)22-13-5-2-6-14-22/h1-20H,33-34H2. The maximum absolute atomic E-state index is 14.7. The van der Waals surface area contributed by atoms with E-state index in [9.17, 15) is 8.42 Å². The Morgan fingerprint density at radius 1 is 0.432 bits per heavy atom. The number of sulfone groups is 1. The van der Waals surface area contributed by atoms with Crippen LogP contribution in [0.4, 0.5) is 11.4 Å². The van der Waals surface area contributed by atoms with E-state index in [0.29, 0.717) is 22.5 Å². The monoisotopic (exact) mass is 500 g/mol. The molecule has 6 aromatic carbocycles. The molecule has 0 aliphatic rings. The Balaban J connectivity index is 1.76. The third-order valence-corrected chi connectivity index (χ3v) is 8.59. The molecule has 0 aliphatic heterocycles. The van der Waals surface area contributed by atoms with Crippen molar-refractivity contribution in [2.45, 2.75) is 9.79 Å². The Kier molecular flexibility index (Phi) is 5.43. The molecule has 0 amide bonds. The summed E-state index contributed by atoms with van der Waals surface area (Å²) in [4.78, 5) is 0.309. The topological polar surface area (TPSA) is 86.2 Å². The lowest BCUT2D eigenvalue weighted by Gasteiger charge is -2.20. The van der Waals surface area contributed by atoms with Crippen LogP contribution < -0.4 is 11.5 Å². The first-order valence-electron chi connectivity index (χ1n) is 11.9. The molecule has 0 unspecified atom stereocenters. The quantitative estimate of drug-likeness (QED) is 0.248. The van der Waals surface area contributed by atoms with Crippen molar-refractivity contribution in [3.63, 3.8) is 0 Å². The predicted molar refractivity (Wildman–Crippen MR) is 153 cm³/mol. The van der Waals surface area contributed by atoms with E-state index in [1.54, 1.807) is 12.1 Å². The van der Waals surface area contributed by atoms with E-state index in [-0.39, 0.29) is 9.79 Å². The predicted octanol–water partition coefficient (Wildman–Crippen LogP) is 7.32. The third kappa shape index (κ3) is 3.72. The summed E-state index contributed by atoms with van der Waals surface area (Å²) in [5.74, 6) is 0. The van der Waals surface area contributed by atoms with Crippen LogP contribution in [0, 0.1) is 0 Å². The molecular formula is C32H24N2O2S. The van der Waals surface area contributed by atoms with E-state index >= 15 is 0 Å². The average molecular weight is 501 g/mol. The van der Waals surface area contributed by atoms with Crippen molar-refractivity contribution in [3.05, 3.63) is 121 Å². The van der Waals surface area contributed by atoms with Crippen LogP contribution in [-0.2, 0) is 9.84 Å². The van der Waals surface area contributed by atoms with Gasteiger partial charge in [0.2, 0.25) is 9.84 Å². The molecular weight excluding hydrogens is 476 g/mol. The summed E-state index contributed by atoms with van der Waals surface area (Å²) in [6.07, 6.45) is 0. The molecule has 0 bridgehead atoms. The number of nitrogens with two attached hydrogens (primary N) is 2. The largest absolute Gasteiger partial charge is 0.398 e. The average Bonchev–Trinajstić information content (AvgIpc) is 2.94. The number of nitrogen functional groups attached to an aromatic ring is 2. The first-order chi connectivity index (χ1) is 18.0. The van der Waals surface area contributed by atoms with Crippen LogP contribution in [-0.4, -0.2) is 8.42 Å².